The third kappa shape index (κ3) is 2.16. The molecule has 3 aliphatic rings. The second-order valence-corrected chi connectivity index (χ2v) is 8.10. The number of nitriles is 1. The van der Waals surface area contributed by atoms with Crippen LogP contribution in [0.4, 0.5) is 0 Å². The number of hydrogen-bond acceptors (Lipinski definition) is 5. The Morgan fingerprint density at radius 1 is 1.27 bits per heavy atom. The van der Waals surface area contributed by atoms with Gasteiger partial charge in [-0.1, -0.05) is 15.9 Å². The summed E-state index contributed by atoms with van der Waals surface area (Å²) in [7, 11) is 1.63. The summed E-state index contributed by atoms with van der Waals surface area (Å²) in [6, 6.07) is 4.20. The highest BCUT2D eigenvalue weighted by molar-refractivity contribution is 9.10. The van der Waals surface area contributed by atoms with E-state index in [1.807, 2.05) is 0 Å². The van der Waals surface area contributed by atoms with E-state index in [0.717, 1.165) is 10.0 Å². The molecule has 0 unspecified atom stereocenters. The highest BCUT2D eigenvalue weighted by Crippen LogP contribution is 2.54. The second-order valence-electron chi connectivity index (χ2n) is 7.25. The smallest absolute Gasteiger partial charge is 0.246 e. The average molecular weight is 420 g/mol. The molecule has 4 atom stereocenters. The Kier molecular flexibility index (Phi) is 3.70. The minimum atomic E-state index is -0.892. The van der Waals surface area contributed by atoms with Gasteiger partial charge in [-0.15, -0.1) is 0 Å². The van der Waals surface area contributed by atoms with Crippen molar-refractivity contribution in [3.8, 4) is 17.6 Å². The molecule has 0 radical (unpaired) electrons. The predicted molar refractivity (Wildman–Crippen MR) is 94.2 cm³/mol. The monoisotopic (exact) mass is 419 g/mol. The number of fused-ring (bicyclic) bond motifs is 2. The van der Waals surface area contributed by atoms with Gasteiger partial charge in [0.25, 0.3) is 0 Å². The summed E-state index contributed by atoms with van der Waals surface area (Å²) >= 11 is 3.54. The van der Waals surface area contributed by atoms with Gasteiger partial charge in [0.15, 0.2) is 11.5 Å². The van der Waals surface area contributed by atoms with Crippen LogP contribution in [-0.2, 0) is 9.59 Å². The summed E-state index contributed by atoms with van der Waals surface area (Å²) in [5.74, 6) is 0.916. The van der Waals surface area contributed by atoms with Crippen molar-refractivity contribution in [3.63, 3.8) is 0 Å². The van der Waals surface area contributed by atoms with Gasteiger partial charge < -0.3 is 19.3 Å². The molecule has 3 aliphatic heterocycles. The Labute approximate surface area is 159 Å². The maximum Gasteiger partial charge on any atom is 0.246 e. The minimum Gasteiger partial charge on any atom is -0.454 e. The molecule has 0 aromatic heterocycles. The number of nitrogens with zero attached hydrogens (tertiary/aromatic N) is 3. The van der Waals surface area contributed by atoms with Crippen LogP contribution < -0.4 is 9.47 Å². The lowest BCUT2D eigenvalue weighted by Gasteiger charge is -2.42. The quantitative estimate of drug-likeness (QED) is 0.696. The topological polar surface area (TPSA) is 82.9 Å². The maximum absolute atomic E-state index is 13.0. The van der Waals surface area contributed by atoms with E-state index in [2.05, 4.69) is 22.0 Å². The van der Waals surface area contributed by atoms with Gasteiger partial charge in [-0.25, -0.2) is 0 Å². The zero-order chi connectivity index (χ0) is 18.8. The third-order valence-corrected chi connectivity index (χ3v) is 6.39. The number of benzene rings is 1. The Morgan fingerprint density at radius 3 is 2.58 bits per heavy atom. The Hall–Kier alpha value is -2.27. The highest BCUT2D eigenvalue weighted by Gasteiger charge is 2.59. The van der Waals surface area contributed by atoms with Gasteiger partial charge in [0.05, 0.1) is 17.5 Å². The average Bonchev–Trinajstić information content (AvgIpc) is 3.19. The number of carbonyl (C=O) groups is 2. The maximum atomic E-state index is 13.0. The van der Waals surface area contributed by atoms with Crippen LogP contribution in [0, 0.1) is 16.7 Å². The van der Waals surface area contributed by atoms with E-state index in [-0.39, 0.29) is 18.6 Å². The minimum absolute atomic E-state index is 0.127. The van der Waals surface area contributed by atoms with E-state index < -0.39 is 23.5 Å². The molecule has 136 valence electrons. The van der Waals surface area contributed by atoms with Crippen molar-refractivity contribution in [1.82, 2.24) is 9.80 Å². The Bertz CT molecular complexity index is 867. The molecule has 26 heavy (non-hydrogen) atoms. The van der Waals surface area contributed by atoms with Gasteiger partial charge in [-0.05, 0) is 38.0 Å². The van der Waals surface area contributed by atoms with Crippen molar-refractivity contribution in [2.24, 2.45) is 5.41 Å². The first-order valence-corrected chi connectivity index (χ1v) is 9.17. The van der Waals surface area contributed by atoms with Gasteiger partial charge in [0, 0.05) is 11.5 Å². The number of piperazine rings is 1. The fourth-order valence-corrected chi connectivity index (χ4v) is 4.67. The zero-order valence-corrected chi connectivity index (χ0v) is 16.2. The Balaban J connectivity index is 1.87. The lowest BCUT2D eigenvalue weighted by Crippen LogP contribution is -2.60. The van der Waals surface area contributed by atoms with E-state index in [9.17, 15) is 14.9 Å². The van der Waals surface area contributed by atoms with Gasteiger partial charge in [0.1, 0.15) is 12.1 Å². The number of rotatable bonds is 1. The van der Waals surface area contributed by atoms with E-state index in [4.69, 9.17) is 9.47 Å². The molecule has 0 spiro atoms. The zero-order valence-electron chi connectivity index (χ0n) is 14.7. The van der Waals surface area contributed by atoms with Gasteiger partial charge in [0.2, 0.25) is 18.6 Å². The molecule has 1 aromatic carbocycles. The van der Waals surface area contributed by atoms with Crippen LogP contribution >= 0.6 is 15.9 Å². The molecular formula is C18H18BrN3O4. The molecule has 7 nitrogen and oxygen atoms in total. The summed E-state index contributed by atoms with van der Waals surface area (Å²) in [6.45, 7) is 3.65. The summed E-state index contributed by atoms with van der Waals surface area (Å²) < 4.78 is 11.6. The fraction of sp³-hybridized carbons (Fsp3) is 0.500. The SMILES string of the molecule is C[C@@H]1C(=O)N2[C@@H](c3cc4c(cc3Br)OCO4)[C@@](C)(C#N)C[C@H]2C(=O)N1C. The van der Waals surface area contributed by atoms with E-state index in [1.165, 1.54) is 4.90 Å². The number of amides is 2. The standard InChI is InChI=1S/C18H18BrN3O4/c1-9-16(23)22-12(17(24)21(9)3)6-18(2,7-20)15(22)10-4-13-14(5-11(10)19)26-8-25-13/h4-5,9,12,15H,6,8H2,1-3H3/t9-,12+,15+,18-/m1/s1. The van der Waals surface area contributed by atoms with Gasteiger partial charge in [-0.3, -0.25) is 9.59 Å². The molecule has 2 amide bonds. The summed E-state index contributed by atoms with van der Waals surface area (Å²) in [6.07, 6.45) is 0.302. The van der Waals surface area contributed by atoms with Crippen molar-refractivity contribution >= 4 is 27.7 Å². The van der Waals surface area contributed by atoms with Crippen LogP contribution in [0.5, 0.6) is 11.5 Å². The predicted octanol–water partition coefficient (Wildman–Crippen LogP) is 2.21. The van der Waals surface area contributed by atoms with Gasteiger partial charge >= 0.3 is 0 Å². The van der Waals surface area contributed by atoms with Crippen molar-refractivity contribution in [3.05, 3.63) is 22.2 Å². The lowest BCUT2D eigenvalue weighted by molar-refractivity contribution is -0.159. The molecule has 8 heteroatoms. The third-order valence-electron chi connectivity index (χ3n) is 5.70. The van der Waals surface area contributed by atoms with Crippen molar-refractivity contribution < 1.29 is 19.1 Å². The second kappa shape index (κ2) is 5.61. The van der Waals surface area contributed by atoms with Crippen molar-refractivity contribution in [1.29, 1.82) is 5.26 Å². The number of likely N-dealkylation sites (N-methyl/N-ethyl adjacent to an activating group) is 1. The molecule has 1 aromatic rings. The summed E-state index contributed by atoms with van der Waals surface area (Å²) in [4.78, 5) is 28.9. The number of hydrogen-bond donors (Lipinski definition) is 0. The molecule has 0 saturated carbocycles. The lowest BCUT2D eigenvalue weighted by atomic mass is 9.79. The van der Waals surface area contributed by atoms with E-state index in [1.54, 1.807) is 37.9 Å². The van der Waals surface area contributed by atoms with Crippen LogP contribution in [0.1, 0.15) is 31.9 Å². The van der Waals surface area contributed by atoms with Crippen molar-refractivity contribution in [2.45, 2.75) is 38.4 Å². The van der Waals surface area contributed by atoms with Crippen LogP contribution in [0.2, 0.25) is 0 Å². The Morgan fingerprint density at radius 2 is 1.92 bits per heavy atom. The van der Waals surface area contributed by atoms with Gasteiger partial charge in [-0.2, -0.15) is 5.26 Å². The van der Waals surface area contributed by atoms with Crippen molar-refractivity contribution in [2.75, 3.05) is 13.8 Å². The normalized spacial score (nSPS) is 32.7. The number of carbonyl (C=O) groups excluding carboxylic acids is 2. The molecule has 0 aliphatic carbocycles. The molecule has 3 heterocycles. The molecule has 2 saturated heterocycles. The molecular weight excluding hydrogens is 402 g/mol. The molecule has 4 rings (SSSR count). The van der Waals surface area contributed by atoms with E-state index >= 15 is 0 Å². The molecule has 2 fully saturated rings. The molecule has 0 bridgehead atoms. The highest BCUT2D eigenvalue weighted by atomic mass is 79.9. The first-order valence-electron chi connectivity index (χ1n) is 8.37. The summed E-state index contributed by atoms with van der Waals surface area (Å²) in [5, 5.41) is 9.91. The number of halogens is 1. The first-order chi connectivity index (χ1) is 12.3. The fourth-order valence-electron chi connectivity index (χ4n) is 4.14. The summed E-state index contributed by atoms with van der Waals surface area (Å²) in [5.41, 5.74) is -0.143. The van der Waals surface area contributed by atoms with Crippen LogP contribution in [-0.4, -0.2) is 47.5 Å². The number of ether oxygens (including phenoxy) is 2. The largest absolute Gasteiger partial charge is 0.454 e. The van der Waals surface area contributed by atoms with Crippen LogP contribution in [0.25, 0.3) is 0 Å². The van der Waals surface area contributed by atoms with Crippen LogP contribution in [0.15, 0.2) is 16.6 Å². The molecule has 0 N–H and O–H groups in total. The van der Waals surface area contributed by atoms with Crippen LogP contribution in [0.3, 0.4) is 0 Å². The van der Waals surface area contributed by atoms with E-state index in [0.29, 0.717) is 17.9 Å². The first kappa shape index (κ1) is 17.2.